The summed E-state index contributed by atoms with van der Waals surface area (Å²) >= 11 is 0. The highest BCUT2D eigenvalue weighted by Gasteiger charge is 2.36. The average Bonchev–Trinajstić information content (AvgIpc) is 2.29. The third kappa shape index (κ3) is 4.06. The van der Waals surface area contributed by atoms with E-state index in [1.807, 2.05) is 0 Å². The minimum absolute atomic E-state index is 0.0820. The fraction of sp³-hybridized carbons (Fsp3) is 0.333. The predicted octanol–water partition coefficient (Wildman–Crippen LogP) is 1.51. The van der Waals surface area contributed by atoms with E-state index < -0.39 is 17.8 Å². The highest BCUT2D eigenvalue weighted by Crippen LogP contribution is 2.12. The molecule has 1 unspecified atom stereocenters. The number of benzene rings is 1. The summed E-state index contributed by atoms with van der Waals surface area (Å²) in [6.45, 7) is 2.70. The van der Waals surface area contributed by atoms with Crippen LogP contribution in [0.3, 0.4) is 0 Å². The van der Waals surface area contributed by atoms with Gasteiger partial charge >= 0.3 is 17.8 Å². The summed E-state index contributed by atoms with van der Waals surface area (Å²) in [5.41, 5.74) is 0.488. The zero-order valence-corrected chi connectivity index (χ0v) is 10.2. The van der Waals surface area contributed by atoms with Crippen molar-refractivity contribution in [2.24, 2.45) is 0 Å². The van der Waals surface area contributed by atoms with E-state index in [-0.39, 0.29) is 6.61 Å². The summed E-state index contributed by atoms with van der Waals surface area (Å²) in [6, 6.07) is 8.50. The van der Waals surface area contributed by atoms with Crippen molar-refractivity contribution in [2.75, 3.05) is 11.9 Å². The van der Waals surface area contributed by atoms with Crippen LogP contribution in [-0.2, 0) is 14.3 Å². The third-order valence-electron chi connectivity index (χ3n) is 1.97. The van der Waals surface area contributed by atoms with Gasteiger partial charge in [0.1, 0.15) is 0 Å². The Bertz CT molecular complexity index is 416. The van der Waals surface area contributed by atoms with Crippen molar-refractivity contribution in [3.8, 4) is 0 Å². The molecule has 18 heavy (non-hydrogen) atoms. The van der Waals surface area contributed by atoms with Crippen LogP contribution in [0.1, 0.15) is 13.8 Å². The lowest BCUT2D eigenvalue weighted by atomic mass is 10.3. The Balaban J connectivity index is 2.56. The van der Waals surface area contributed by atoms with Crippen LogP contribution in [0.2, 0.25) is 0 Å². The Hall–Kier alpha value is -2.08. The van der Waals surface area contributed by atoms with Gasteiger partial charge in [-0.2, -0.15) is 0 Å². The maximum absolute atomic E-state index is 11.4. The molecule has 0 aliphatic rings. The molecule has 2 N–H and O–H groups in total. The normalized spacial score (nSPS) is 13.3. The number of anilines is 1. The molecule has 6 nitrogen and oxygen atoms in total. The van der Waals surface area contributed by atoms with Crippen LogP contribution in [0.5, 0.6) is 0 Å². The van der Waals surface area contributed by atoms with Crippen LogP contribution in [-0.4, -0.2) is 29.6 Å². The second-order valence-corrected chi connectivity index (χ2v) is 3.58. The molecular weight excluding hydrogens is 238 g/mol. The predicted molar refractivity (Wildman–Crippen MR) is 63.8 cm³/mol. The Kier molecular flexibility index (Phi) is 4.67. The highest BCUT2D eigenvalue weighted by atomic mass is 16.7. The van der Waals surface area contributed by atoms with Gasteiger partial charge in [-0.25, -0.2) is 9.59 Å². The zero-order valence-electron chi connectivity index (χ0n) is 10.2. The minimum atomic E-state index is -2.31. The van der Waals surface area contributed by atoms with Crippen molar-refractivity contribution >= 4 is 17.7 Å². The summed E-state index contributed by atoms with van der Waals surface area (Å²) in [7, 11) is 0. The first-order chi connectivity index (χ1) is 8.45. The number of esters is 1. The number of hydrogen-bond acceptors (Lipinski definition) is 5. The summed E-state index contributed by atoms with van der Waals surface area (Å²) in [5.74, 6) is -3.33. The largest absolute Gasteiger partial charge is 0.461 e. The SMILES string of the molecule is CCOC(=O)C(C)(O)OC(=O)Nc1ccccc1. The summed E-state index contributed by atoms with van der Waals surface area (Å²) in [4.78, 5) is 22.7. The number of nitrogens with one attached hydrogen (secondary N) is 1. The fourth-order valence-corrected chi connectivity index (χ4v) is 1.15. The molecule has 0 saturated carbocycles. The van der Waals surface area contributed by atoms with Gasteiger partial charge in [-0.05, 0) is 19.1 Å². The van der Waals surface area contributed by atoms with Crippen molar-refractivity contribution in [3.05, 3.63) is 30.3 Å². The molecule has 0 saturated heterocycles. The molecule has 1 aromatic carbocycles. The number of hydrogen-bond donors (Lipinski definition) is 2. The van der Waals surface area contributed by atoms with Crippen molar-refractivity contribution in [3.63, 3.8) is 0 Å². The number of amides is 1. The van der Waals surface area contributed by atoms with E-state index in [1.165, 1.54) is 0 Å². The van der Waals surface area contributed by atoms with Crippen LogP contribution in [0.25, 0.3) is 0 Å². The first-order valence-corrected chi connectivity index (χ1v) is 5.40. The van der Waals surface area contributed by atoms with E-state index in [9.17, 15) is 14.7 Å². The van der Waals surface area contributed by atoms with E-state index in [0.717, 1.165) is 6.92 Å². The first kappa shape index (κ1) is 14.0. The monoisotopic (exact) mass is 253 g/mol. The molecule has 0 bridgehead atoms. The number of carbonyl (C=O) groups excluding carboxylic acids is 2. The van der Waals surface area contributed by atoms with Gasteiger partial charge in [0.15, 0.2) is 0 Å². The Morgan fingerprint density at radius 3 is 2.50 bits per heavy atom. The molecule has 6 heteroatoms. The maximum Gasteiger partial charge on any atom is 0.414 e. The first-order valence-electron chi connectivity index (χ1n) is 5.40. The van der Waals surface area contributed by atoms with Gasteiger partial charge < -0.3 is 14.6 Å². The van der Waals surface area contributed by atoms with Gasteiger partial charge in [-0.1, -0.05) is 18.2 Å². The summed E-state index contributed by atoms with van der Waals surface area (Å²) in [5, 5.41) is 12.0. The quantitative estimate of drug-likeness (QED) is 0.627. The van der Waals surface area contributed by atoms with Crippen molar-refractivity contribution < 1.29 is 24.2 Å². The lowest BCUT2D eigenvalue weighted by Gasteiger charge is -2.21. The fourth-order valence-electron chi connectivity index (χ4n) is 1.15. The standard InChI is InChI=1S/C12H15NO5/c1-3-17-10(14)12(2,16)18-11(15)13-9-7-5-4-6-8-9/h4-8,16H,3H2,1-2H3,(H,13,15). The second-order valence-electron chi connectivity index (χ2n) is 3.58. The Morgan fingerprint density at radius 2 is 1.94 bits per heavy atom. The van der Waals surface area contributed by atoms with Crippen LogP contribution in [0, 0.1) is 0 Å². The third-order valence-corrected chi connectivity index (χ3v) is 1.97. The number of ether oxygens (including phenoxy) is 2. The Morgan fingerprint density at radius 1 is 1.33 bits per heavy atom. The lowest BCUT2D eigenvalue weighted by molar-refractivity contribution is -0.201. The average molecular weight is 253 g/mol. The van der Waals surface area contributed by atoms with Gasteiger partial charge in [0.05, 0.1) is 6.61 Å². The van der Waals surface area contributed by atoms with Crippen LogP contribution < -0.4 is 5.32 Å². The molecule has 0 spiro atoms. The van der Waals surface area contributed by atoms with Gasteiger partial charge in [0, 0.05) is 12.6 Å². The zero-order chi connectivity index (χ0) is 13.6. The van der Waals surface area contributed by atoms with Gasteiger partial charge in [0.2, 0.25) is 0 Å². The Labute approximate surface area is 105 Å². The molecule has 1 aromatic rings. The molecule has 0 aliphatic heterocycles. The minimum Gasteiger partial charge on any atom is -0.461 e. The summed E-state index contributed by atoms with van der Waals surface area (Å²) < 4.78 is 9.15. The molecule has 0 aliphatic carbocycles. The smallest absolute Gasteiger partial charge is 0.414 e. The van der Waals surface area contributed by atoms with Crippen molar-refractivity contribution in [1.29, 1.82) is 0 Å². The molecule has 0 aromatic heterocycles. The van der Waals surface area contributed by atoms with E-state index in [4.69, 9.17) is 0 Å². The maximum atomic E-state index is 11.4. The highest BCUT2D eigenvalue weighted by molar-refractivity contribution is 5.88. The molecule has 1 rings (SSSR count). The van der Waals surface area contributed by atoms with Crippen LogP contribution in [0.15, 0.2) is 30.3 Å². The van der Waals surface area contributed by atoms with E-state index >= 15 is 0 Å². The van der Waals surface area contributed by atoms with Gasteiger partial charge in [0.25, 0.3) is 0 Å². The number of rotatable bonds is 4. The number of carbonyl (C=O) groups is 2. The topological polar surface area (TPSA) is 84.9 Å². The summed E-state index contributed by atoms with van der Waals surface area (Å²) in [6.07, 6.45) is -0.945. The van der Waals surface area contributed by atoms with E-state index in [2.05, 4.69) is 14.8 Å². The molecule has 1 atom stereocenters. The lowest BCUT2D eigenvalue weighted by Crippen LogP contribution is -2.42. The van der Waals surface area contributed by atoms with Crippen LogP contribution in [0.4, 0.5) is 10.5 Å². The molecule has 98 valence electrons. The number of aliphatic hydroxyl groups is 1. The van der Waals surface area contributed by atoms with Gasteiger partial charge in [-0.15, -0.1) is 0 Å². The van der Waals surface area contributed by atoms with E-state index in [0.29, 0.717) is 5.69 Å². The van der Waals surface area contributed by atoms with Gasteiger partial charge in [-0.3, -0.25) is 5.32 Å². The second kappa shape index (κ2) is 6.02. The molecular formula is C12H15NO5. The molecule has 0 fully saturated rings. The molecule has 0 heterocycles. The van der Waals surface area contributed by atoms with E-state index in [1.54, 1.807) is 37.3 Å². The van der Waals surface area contributed by atoms with Crippen LogP contribution >= 0.6 is 0 Å². The van der Waals surface area contributed by atoms with Crippen molar-refractivity contribution in [1.82, 2.24) is 0 Å². The molecule has 1 amide bonds. The van der Waals surface area contributed by atoms with Crippen molar-refractivity contribution in [2.45, 2.75) is 19.6 Å². The molecule has 0 radical (unpaired) electrons. The number of para-hydroxylation sites is 1.